The highest BCUT2D eigenvalue weighted by Gasteiger charge is 2.26. The number of rotatable bonds is 5. The molecule has 3 aromatic rings. The van der Waals surface area contributed by atoms with Gasteiger partial charge < -0.3 is 9.30 Å². The summed E-state index contributed by atoms with van der Waals surface area (Å²) in [7, 11) is 1.42. The zero-order chi connectivity index (χ0) is 18.3. The van der Waals surface area contributed by atoms with Gasteiger partial charge in [-0.1, -0.05) is 6.07 Å². The molecule has 0 aliphatic heterocycles. The van der Waals surface area contributed by atoms with Gasteiger partial charge in [0.15, 0.2) is 0 Å². The van der Waals surface area contributed by atoms with E-state index in [-0.39, 0.29) is 5.97 Å². The molecule has 4 rings (SSSR count). The van der Waals surface area contributed by atoms with Crippen LogP contribution < -0.4 is 0 Å². The largest absolute Gasteiger partial charge is 0.465 e. The van der Waals surface area contributed by atoms with Gasteiger partial charge in [0.2, 0.25) is 0 Å². The molecular formula is C21H21BrN2O2. The Morgan fingerprint density at radius 2 is 2.15 bits per heavy atom. The number of hydrogen-bond acceptors (Lipinski definition) is 3. The lowest BCUT2D eigenvalue weighted by Crippen LogP contribution is -2.09. The summed E-state index contributed by atoms with van der Waals surface area (Å²) >= 11 is 3.65. The number of pyridine rings is 1. The van der Waals surface area contributed by atoms with E-state index in [4.69, 9.17) is 4.74 Å². The SMILES string of the molecule is CCn1cc(Br)c2cc(Cc3ncc(C4CC4)cc3C(=O)OC)ccc21. The van der Waals surface area contributed by atoms with Crippen molar-refractivity contribution in [3.8, 4) is 0 Å². The molecule has 2 aromatic heterocycles. The number of aryl methyl sites for hydroxylation is 1. The third-order valence-electron chi connectivity index (χ3n) is 5.05. The first kappa shape index (κ1) is 17.3. The van der Waals surface area contributed by atoms with E-state index in [2.05, 4.69) is 56.8 Å². The van der Waals surface area contributed by atoms with E-state index in [9.17, 15) is 4.79 Å². The minimum absolute atomic E-state index is 0.311. The van der Waals surface area contributed by atoms with Crippen molar-refractivity contribution in [2.75, 3.05) is 7.11 Å². The van der Waals surface area contributed by atoms with Gasteiger partial charge in [0.25, 0.3) is 0 Å². The quantitative estimate of drug-likeness (QED) is 0.549. The number of esters is 1. The van der Waals surface area contributed by atoms with Crippen LogP contribution in [0, 0.1) is 0 Å². The number of aromatic nitrogens is 2. The Morgan fingerprint density at radius 3 is 2.85 bits per heavy atom. The van der Waals surface area contributed by atoms with Gasteiger partial charge in [-0.25, -0.2) is 4.79 Å². The molecule has 0 unspecified atom stereocenters. The van der Waals surface area contributed by atoms with Gasteiger partial charge in [0.05, 0.1) is 18.4 Å². The molecule has 0 atom stereocenters. The van der Waals surface area contributed by atoms with Crippen molar-refractivity contribution in [3.05, 3.63) is 63.5 Å². The molecule has 1 aliphatic carbocycles. The number of methoxy groups -OCH3 is 1. The van der Waals surface area contributed by atoms with Crippen molar-refractivity contribution in [2.45, 2.75) is 38.6 Å². The van der Waals surface area contributed by atoms with Crippen LogP contribution in [-0.4, -0.2) is 22.6 Å². The molecule has 5 heteroatoms. The van der Waals surface area contributed by atoms with Gasteiger partial charge in [-0.3, -0.25) is 4.98 Å². The van der Waals surface area contributed by atoms with Gasteiger partial charge in [-0.05, 0) is 70.9 Å². The van der Waals surface area contributed by atoms with Crippen molar-refractivity contribution in [1.29, 1.82) is 0 Å². The Balaban J connectivity index is 1.71. The first-order chi connectivity index (χ1) is 12.6. The highest BCUT2D eigenvalue weighted by atomic mass is 79.9. The lowest BCUT2D eigenvalue weighted by atomic mass is 10.0. The fourth-order valence-corrected chi connectivity index (χ4v) is 4.01. The van der Waals surface area contributed by atoms with E-state index in [1.165, 1.54) is 30.9 Å². The number of carbonyl (C=O) groups excluding carboxylic acids is 1. The lowest BCUT2D eigenvalue weighted by molar-refractivity contribution is 0.0599. The second kappa shape index (κ2) is 6.88. The van der Waals surface area contributed by atoms with E-state index < -0.39 is 0 Å². The summed E-state index contributed by atoms with van der Waals surface area (Å²) in [6.45, 7) is 3.06. The van der Waals surface area contributed by atoms with Gasteiger partial charge in [-0.15, -0.1) is 0 Å². The van der Waals surface area contributed by atoms with E-state index in [0.29, 0.717) is 17.9 Å². The Labute approximate surface area is 161 Å². The zero-order valence-electron chi connectivity index (χ0n) is 15.0. The van der Waals surface area contributed by atoms with Gasteiger partial charge >= 0.3 is 5.97 Å². The van der Waals surface area contributed by atoms with Gasteiger partial charge in [-0.2, -0.15) is 0 Å². The second-order valence-corrected chi connectivity index (χ2v) is 7.67. The number of fused-ring (bicyclic) bond motifs is 1. The minimum atomic E-state index is -0.311. The molecule has 0 spiro atoms. The lowest BCUT2D eigenvalue weighted by Gasteiger charge is -2.10. The third-order valence-corrected chi connectivity index (χ3v) is 5.69. The van der Waals surface area contributed by atoms with Gasteiger partial charge in [0, 0.05) is 40.7 Å². The van der Waals surface area contributed by atoms with E-state index in [1.807, 2.05) is 12.3 Å². The normalized spacial score (nSPS) is 14.0. The summed E-state index contributed by atoms with van der Waals surface area (Å²) in [6.07, 6.45) is 7.00. The maximum atomic E-state index is 12.3. The van der Waals surface area contributed by atoms with Crippen LogP contribution >= 0.6 is 15.9 Å². The zero-order valence-corrected chi connectivity index (χ0v) is 16.5. The molecule has 1 fully saturated rings. The molecule has 4 nitrogen and oxygen atoms in total. The molecular weight excluding hydrogens is 392 g/mol. The topological polar surface area (TPSA) is 44.1 Å². The van der Waals surface area contributed by atoms with Crippen molar-refractivity contribution >= 4 is 32.8 Å². The van der Waals surface area contributed by atoms with Crippen LogP contribution in [0.25, 0.3) is 10.9 Å². The summed E-state index contributed by atoms with van der Waals surface area (Å²) in [6, 6.07) is 8.38. The van der Waals surface area contributed by atoms with Crippen LogP contribution in [-0.2, 0) is 17.7 Å². The van der Waals surface area contributed by atoms with Crippen LogP contribution in [0.4, 0.5) is 0 Å². The maximum absolute atomic E-state index is 12.3. The number of benzene rings is 1. The predicted molar refractivity (Wildman–Crippen MR) is 106 cm³/mol. The molecule has 134 valence electrons. The third kappa shape index (κ3) is 3.16. The summed E-state index contributed by atoms with van der Waals surface area (Å²) in [5, 5.41) is 1.18. The van der Waals surface area contributed by atoms with Crippen molar-refractivity contribution < 1.29 is 9.53 Å². The number of nitrogens with zero attached hydrogens (tertiary/aromatic N) is 2. The van der Waals surface area contributed by atoms with E-state index in [0.717, 1.165) is 27.8 Å². The molecule has 1 aromatic carbocycles. The fourth-order valence-electron chi connectivity index (χ4n) is 3.44. The molecule has 0 amide bonds. The van der Waals surface area contributed by atoms with Crippen molar-refractivity contribution in [3.63, 3.8) is 0 Å². The molecule has 0 saturated heterocycles. The molecule has 1 saturated carbocycles. The Kier molecular flexibility index (Phi) is 4.57. The second-order valence-electron chi connectivity index (χ2n) is 6.82. The molecule has 0 bridgehead atoms. The molecule has 26 heavy (non-hydrogen) atoms. The summed E-state index contributed by atoms with van der Waals surface area (Å²) in [5.74, 6) is 0.246. The summed E-state index contributed by atoms with van der Waals surface area (Å²) in [5.41, 5.74) is 4.83. The number of hydrogen-bond donors (Lipinski definition) is 0. The molecule has 0 radical (unpaired) electrons. The Morgan fingerprint density at radius 1 is 1.35 bits per heavy atom. The first-order valence-electron chi connectivity index (χ1n) is 8.95. The summed E-state index contributed by atoms with van der Waals surface area (Å²) < 4.78 is 8.29. The van der Waals surface area contributed by atoms with Crippen LogP contribution in [0.5, 0.6) is 0 Å². The molecule has 1 aliphatic rings. The minimum Gasteiger partial charge on any atom is -0.465 e. The smallest absolute Gasteiger partial charge is 0.339 e. The standard InChI is InChI=1S/C21H21BrN2O2/c1-3-24-12-18(22)16-8-13(4-7-20(16)24)9-19-17(21(25)26-2)10-15(11-23-19)14-5-6-14/h4,7-8,10-12,14H,3,5-6,9H2,1-2H3. The van der Waals surface area contributed by atoms with Crippen molar-refractivity contribution in [2.24, 2.45) is 0 Å². The molecule has 2 heterocycles. The van der Waals surface area contributed by atoms with Crippen LogP contribution in [0.3, 0.4) is 0 Å². The number of ether oxygens (including phenoxy) is 1. The average Bonchev–Trinajstić information content (AvgIpc) is 3.46. The van der Waals surface area contributed by atoms with Crippen LogP contribution in [0.15, 0.2) is 41.1 Å². The number of halogens is 1. The van der Waals surface area contributed by atoms with Crippen molar-refractivity contribution in [1.82, 2.24) is 9.55 Å². The average molecular weight is 413 g/mol. The molecule has 0 N–H and O–H groups in total. The maximum Gasteiger partial charge on any atom is 0.339 e. The first-order valence-corrected chi connectivity index (χ1v) is 9.74. The van der Waals surface area contributed by atoms with Gasteiger partial charge in [0.1, 0.15) is 0 Å². The van der Waals surface area contributed by atoms with E-state index in [1.54, 1.807) is 0 Å². The highest BCUT2D eigenvalue weighted by molar-refractivity contribution is 9.10. The summed E-state index contributed by atoms with van der Waals surface area (Å²) in [4.78, 5) is 16.9. The Hall–Kier alpha value is -2.14. The predicted octanol–water partition coefficient (Wildman–Crippen LogP) is 5.07. The van der Waals surface area contributed by atoms with Crippen LogP contribution in [0.1, 0.15) is 52.9 Å². The monoisotopic (exact) mass is 412 g/mol. The Bertz CT molecular complexity index is 989. The van der Waals surface area contributed by atoms with Crippen LogP contribution in [0.2, 0.25) is 0 Å². The van der Waals surface area contributed by atoms with E-state index >= 15 is 0 Å². The highest BCUT2D eigenvalue weighted by Crippen LogP contribution is 2.40. The fraction of sp³-hybridized carbons (Fsp3) is 0.333. The number of carbonyl (C=O) groups is 1.